The predicted octanol–water partition coefficient (Wildman–Crippen LogP) is 1.51. The normalized spacial score (nSPS) is 22.0. The molecule has 0 aliphatic carbocycles. The number of hydrogen-bond donors (Lipinski definition) is 0. The van der Waals surface area contributed by atoms with E-state index >= 15 is 0 Å². The molecule has 0 N–H and O–H groups in total. The molecule has 0 spiro atoms. The van der Waals surface area contributed by atoms with Gasteiger partial charge in [-0.25, -0.2) is 8.42 Å². The zero-order valence-corrected chi connectivity index (χ0v) is 18.0. The summed E-state index contributed by atoms with van der Waals surface area (Å²) in [5, 5.41) is 12.4. The Bertz CT molecular complexity index is 1210. The van der Waals surface area contributed by atoms with E-state index in [4.69, 9.17) is 4.74 Å². The lowest BCUT2D eigenvalue weighted by Gasteiger charge is -2.23. The zero-order chi connectivity index (χ0) is 21.0. The Labute approximate surface area is 175 Å². The first kappa shape index (κ1) is 19.3. The molecule has 2 atom stereocenters. The number of methoxy groups -OCH3 is 1. The van der Waals surface area contributed by atoms with Crippen LogP contribution in [0.1, 0.15) is 11.1 Å². The van der Waals surface area contributed by atoms with E-state index in [2.05, 4.69) is 20.2 Å². The van der Waals surface area contributed by atoms with E-state index in [0.29, 0.717) is 34.9 Å². The average Bonchev–Trinajstić information content (AvgIpc) is 3.42. The lowest BCUT2D eigenvalue weighted by atomic mass is 10.0. The van der Waals surface area contributed by atoms with E-state index in [1.807, 2.05) is 26.0 Å². The van der Waals surface area contributed by atoms with Gasteiger partial charge < -0.3 is 9.64 Å². The number of aryl methyl sites for hydroxylation is 2. The molecule has 2 aliphatic heterocycles. The fourth-order valence-corrected chi connectivity index (χ4v) is 6.47. The van der Waals surface area contributed by atoms with E-state index in [1.54, 1.807) is 34.4 Å². The van der Waals surface area contributed by atoms with Gasteiger partial charge in [0.05, 0.1) is 12.0 Å². The Morgan fingerprint density at radius 2 is 1.77 bits per heavy atom. The quantitative estimate of drug-likeness (QED) is 0.622. The molecular weight excluding hydrogens is 404 g/mol. The molecule has 3 aromatic rings. The van der Waals surface area contributed by atoms with Crippen molar-refractivity contribution in [2.75, 3.05) is 38.2 Å². The first-order valence-electron chi connectivity index (χ1n) is 9.94. The van der Waals surface area contributed by atoms with Gasteiger partial charge in [0.2, 0.25) is 10.0 Å². The van der Waals surface area contributed by atoms with Crippen LogP contribution in [-0.2, 0) is 10.0 Å². The molecule has 5 rings (SSSR count). The number of rotatable bonds is 4. The van der Waals surface area contributed by atoms with Gasteiger partial charge in [-0.1, -0.05) is 0 Å². The van der Waals surface area contributed by atoms with Gasteiger partial charge in [0.15, 0.2) is 5.65 Å². The molecule has 0 radical (unpaired) electrons. The highest BCUT2D eigenvalue weighted by atomic mass is 32.2. The van der Waals surface area contributed by atoms with E-state index in [-0.39, 0.29) is 11.8 Å². The van der Waals surface area contributed by atoms with E-state index in [1.165, 1.54) is 0 Å². The average molecular weight is 429 g/mol. The summed E-state index contributed by atoms with van der Waals surface area (Å²) in [6, 6.07) is 7.37. The van der Waals surface area contributed by atoms with Crippen LogP contribution in [-0.4, -0.2) is 65.8 Å². The smallest absolute Gasteiger partial charge is 0.243 e. The highest BCUT2D eigenvalue weighted by Crippen LogP contribution is 2.37. The second-order valence-corrected chi connectivity index (χ2v) is 10.1. The van der Waals surface area contributed by atoms with Crippen LogP contribution in [0.2, 0.25) is 0 Å². The van der Waals surface area contributed by atoms with Gasteiger partial charge in [0, 0.05) is 26.2 Å². The minimum absolute atomic E-state index is 0.290. The fourth-order valence-electron chi connectivity index (χ4n) is 4.62. The summed E-state index contributed by atoms with van der Waals surface area (Å²) in [4.78, 5) is 2.60. The van der Waals surface area contributed by atoms with Crippen molar-refractivity contribution in [1.82, 2.24) is 24.1 Å². The predicted molar refractivity (Wildman–Crippen MR) is 111 cm³/mol. The number of benzene rings is 1. The highest BCUT2D eigenvalue weighted by Gasteiger charge is 2.45. The lowest BCUT2D eigenvalue weighted by molar-refractivity contribution is 0.410. The number of anilines is 1. The van der Waals surface area contributed by atoms with Crippen LogP contribution in [0, 0.1) is 25.7 Å². The third-order valence-electron chi connectivity index (χ3n) is 6.23. The van der Waals surface area contributed by atoms with E-state index in [0.717, 1.165) is 24.5 Å². The zero-order valence-electron chi connectivity index (χ0n) is 17.2. The number of sulfonamides is 1. The van der Waals surface area contributed by atoms with Crippen molar-refractivity contribution >= 4 is 21.5 Å². The summed E-state index contributed by atoms with van der Waals surface area (Å²) in [6.45, 7) is 6.33. The minimum atomic E-state index is -3.54. The van der Waals surface area contributed by atoms with Crippen LogP contribution in [0.3, 0.4) is 0 Å². The monoisotopic (exact) mass is 428 g/mol. The Hall–Kier alpha value is -2.72. The summed E-state index contributed by atoms with van der Waals surface area (Å²) >= 11 is 0. The standard InChI is InChI=1S/C20H24N6O3S/c1-13-7-18(14(2)6-17(13)29-3)30(27,28)25-10-15-8-24(9-16(15)11-25)20-5-4-19-22-21-12-26(19)23-20/h4-7,12,15-16H,8-11H2,1-3H3. The number of fused-ring (bicyclic) bond motifs is 2. The molecule has 0 amide bonds. The number of hydrogen-bond acceptors (Lipinski definition) is 7. The topological polar surface area (TPSA) is 92.9 Å². The van der Waals surface area contributed by atoms with Crippen molar-refractivity contribution in [2.24, 2.45) is 11.8 Å². The summed E-state index contributed by atoms with van der Waals surface area (Å²) in [7, 11) is -1.94. The maximum atomic E-state index is 13.3. The van der Waals surface area contributed by atoms with Crippen LogP contribution in [0.4, 0.5) is 5.82 Å². The molecule has 30 heavy (non-hydrogen) atoms. The van der Waals surface area contributed by atoms with Crippen LogP contribution in [0.25, 0.3) is 5.65 Å². The minimum Gasteiger partial charge on any atom is -0.496 e. The number of ether oxygens (including phenoxy) is 1. The van der Waals surface area contributed by atoms with Crippen molar-refractivity contribution < 1.29 is 13.2 Å². The van der Waals surface area contributed by atoms with E-state index < -0.39 is 10.0 Å². The van der Waals surface area contributed by atoms with Crippen molar-refractivity contribution in [3.63, 3.8) is 0 Å². The van der Waals surface area contributed by atoms with Crippen LogP contribution in [0.15, 0.2) is 35.5 Å². The summed E-state index contributed by atoms with van der Waals surface area (Å²) in [5.41, 5.74) is 2.24. The molecule has 2 fully saturated rings. The molecule has 2 aliphatic rings. The third kappa shape index (κ3) is 3.02. The first-order valence-corrected chi connectivity index (χ1v) is 11.4. The highest BCUT2D eigenvalue weighted by molar-refractivity contribution is 7.89. The van der Waals surface area contributed by atoms with Gasteiger partial charge in [-0.2, -0.15) is 8.82 Å². The first-order chi connectivity index (χ1) is 14.4. The second-order valence-electron chi connectivity index (χ2n) is 8.16. The lowest BCUT2D eigenvalue weighted by Crippen LogP contribution is -2.34. The maximum Gasteiger partial charge on any atom is 0.243 e. The Balaban J connectivity index is 1.34. The Kier molecular flexibility index (Phi) is 4.44. The Morgan fingerprint density at radius 3 is 2.47 bits per heavy atom. The molecule has 2 unspecified atom stereocenters. The summed E-state index contributed by atoms with van der Waals surface area (Å²) in [5.74, 6) is 2.15. The number of aromatic nitrogens is 4. The van der Waals surface area contributed by atoms with Gasteiger partial charge in [0.25, 0.3) is 0 Å². The molecule has 4 heterocycles. The van der Waals surface area contributed by atoms with Crippen molar-refractivity contribution in [3.05, 3.63) is 41.7 Å². The van der Waals surface area contributed by atoms with Gasteiger partial charge in [-0.15, -0.1) is 15.3 Å². The molecule has 10 heteroatoms. The van der Waals surface area contributed by atoms with E-state index in [9.17, 15) is 8.42 Å². The summed E-state index contributed by atoms with van der Waals surface area (Å²) < 4.78 is 35.3. The molecule has 2 aromatic heterocycles. The van der Waals surface area contributed by atoms with Crippen LogP contribution in [0.5, 0.6) is 5.75 Å². The molecular formula is C20H24N6O3S. The van der Waals surface area contributed by atoms with Gasteiger partial charge in [-0.3, -0.25) is 0 Å². The third-order valence-corrected chi connectivity index (χ3v) is 8.21. The van der Waals surface area contributed by atoms with Gasteiger partial charge >= 0.3 is 0 Å². The van der Waals surface area contributed by atoms with Gasteiger partial charge in [-0.05, 0) is 61.1 Å². The van der Waals surface area contributed by atoms with Crippen molar-refractivity contribution in [1.29, 1.82) is 0 Å². The summed E-state index contributed by atoms with van der Waals surface area (Å²) in [6.07, 6.45) is 1.59. The number of nitrogens with zero attached hydrogens (tertiary/aromatic N) is 6. The van der Waals surface area contributed by atoms with Crippen molar-refractivity contribution in [3.8, 4) is 5.75 Å². The Morgan fingerprint density at radius 1 is 1.03 bits per heavy atom. The molecule has 9 nitrogen and oxygen atoms in total. The molecule has 0 bridgehead atoms. The van der Waals surface area contributed by atoms with Gasteiger partial charge in [0.1, 0.15) is 17.9 Å². The van der Waals surface area contributed by atoms with Crippen LogP contribution < -0.4 is 9.64 Å². The maximum absolute atomic E-state index is 13.3. The molecule has 2 saturated heterocycles. The molecule has 1 aromatic carbocycles. The van der Waals surface area contributed by atoms with Crippen LogP contribution >= 0.6 is 0 Å². The fraction of sp³-hybridized carbons (Fsp3) is 0.450. The van der Waals surface area contributed by atoms with Crippen molar-refractivity contribution in [2.45, 2.75) is 18.7 Å². The second kappa shape index (κ2) is 6.92. The molecule has 158 valence electrons. The molecule has 0 saturated carbocycles. The SMILES string of the molecule is COc1cc(C)c(S(=O)(=O)N2CC3CN(c4ccc5nncn5n4)CC3C2)cc1C. The largest absolute Gasteiger partial charge is 0.496 e.